The van der Waals surface area contributed by atoms with Gasteiger partial charge in [-0.1, -0.05) is 20.3 Å². The van der Waals surface area contributed by atoms with Crippen molar-refractivity contribution in [1.82, 2.24) is 16.0 Å². The summed E-state index contributed by atoms with van der Waals surface area (Å²) < 4.78 is 0. The molecule has 11 heteroatoms. The van der Waals surface area contributed by atoms with E-state index in [1.807, 2.05) is 0 Å². The first-order valence-electron chi connectivity index (χ1n) is 10.8. The molecule has 0 aromatic rings. The fourth-order valence-electron chi connectivity index (χ4n) is 2.85. The molecule has 0 aliphatic carbocycles. The largest absolute Gasteiger partial charge is 0.480 e. The Balaban J connectivity index is 5.00. The summed E-state index contributed by atoms with van der Waals surface area (Å²) in [6.45, 7) is 5.75. The molecule has 3 amide bonds. The summed E-state index contributed by atoms with van der Waals surface area (Å²) in [7, 11) is 0. The highest BCUT2D eigenvalue weighted by Gasteiger charge is 2.29. The van der Waals surface area contributed by atoms with Crippen molar-refractivity contribution >= 4 is 23.7 Å². The molecule has 0 aromatic carbocycles. The van der Waals surface area contributed by atoms with Crippen LogP contribution in [0.5, 0.6) is 0 Å². The fourth-order valence-corrected chi connectivity index (χ4v) is 2.85. The average Bonchev–Trinajstić information content (AvgIpc) is 2.70. The Kier molecular flexibility index (Phi) is 14.4. The van der Waals surface area contributed by atoms with Crippen LogP contribution in [-0.4, -0.2) is 66.1 Å². The number of aliphatic carboxylic acids is 1. The molecule has 180 valence electrons. The van der Waals surface area contributed by atoms with Crippen LogP contribution in [0.15, 0.2) is 0 Å². The summed E-state index contributed by atoms with van der Waals surface area (Å²) >= 11 is 0. The predicted octanol–water partition coefficient (Wildman–Crippen LogP) is -1.21. The molecule has 0 aromatic heterocycles. The van der Waals surface area contributed by atoms with Gasteiger partial charge in [0.2, 0.25) is 17.7 Å². The number of carboxylic acids is 1. The van der Waals surface area contributed by atoms with Crippen LogP contribution >= 0.6 is 0 Å². The van der Waals surface area contributed by atoms with Gasteiger partial charge in [0.1, 0.15) is 18.1 Å². The van der Waals surface area contributed by atoms with E-state index >= 15 is 0 Å². The van der Waals surface area contributed by atoms with Crippen LogP contribution in [0.4, 0.5) is 0 Å². The van der Waals surface area contributed by atoms with Crippen LogP contribution in [0.3, 0.4) is 0 Å². The number of carbonyl (C=O) groups excluding carboxylic acids is 3. The van der Waals surface area contributed by atoms with Gasteiger partial charge in [-0.2, -0.15) is 0 Å². The van der Waals surface area contributed by atoms with E-state index in [1.54, 1.807) is 13.8 Å². The molecule has 0 radical (unpaired) electrons. The minimum atomic E-state index is -1.16. The molecule has 4 atom stereocenters. The molecular formula is C20H40N6O5. The SMILES string of the molecule is CC(NC(=O)C(CCCCN)NC(=O)C(N)CCCCN)C(=O)NC(C(=O)O)C(C)C. The molecule has 10 N–H and O–H groups in total. The second-order valence-corrected chi connectivity index (χ2v) is 8.04. The molecule has 0 aliphatic rings. The van der Waals surface area contributed by atoms with Crippen molar-refractivity contribution in [2.45, 2.75) is 83.5 Å². The van der Waals surface area contributed by atoms with Crippen molar-refractivity contribution < 1.29 is 24.3 Å². The van der Waals surface area contributed by atoms with E-state index in [9.17, 15) is 24.3 Å². The first kappa shape index (κ1) is 28.8. The monoisotopic (exact) mass is 444 g/mol. The van der Waals surface area contributed by atoms with Gasteiger partial charge >= 0.3 is 5.97 Å². The molecular weight excluding hydrogens is 404 g/mol. The number of carboxylic acid groups (broad SMARTS) is 1. The maximum absolute atomic E-state index is 12.7. The van der Waals surface area contributed by atoms with Crippen molar-refractivity contribution in [3.63, 3.8) is 0 Å². The van der Waals surface area contributed by atoms with Crippen molar-refractivity contribution in [2.75, 3.05) is 13.1 Å². The number of unbranched alkanes of at least 4 members (excludes halogenated alkanes) is 2. The lowest BCUT2D eigenvalue weighted by Crippen LogP contribution is -2.56. The van der Waals surface area contributed by atoms with E-state index in [0.717, 1.165) is 6.42 Å². The number of nitrogens with one attached hydrogen (secondary N) is 3. The molecule has 0 heterocycles. The Labute approximate surface area is 184 Å². The second-order valence-electron chi connectivity index (χ2n) is 8.04. The molecule has 0 saturated carbocycles. The van der Waals surface area contributed by atoms with E-state index in [2.05, 4.69) is 16.0 Å². The van der Waals surface area contributed by atoms with Gasteiger partial charge in [-0.15, -0.1) is 0 Å². The second kappa shape index (κ2) is 15.5. The summed E-state index contributed by atoms with van der Waals surface area (Å²) in [4.78, 5) is 48.7. The number of amides is 3. The molecule has 0 aliphatic heterocycles. The van der Waals surface area contributed by atoms with Crippen molar-refractivity contribution in [3.8, 4) is 0 Å². The average molecular weight is 445 g/mol. The Morgan fingerprint density at radius 2 is 1.32 bits per heavy atom. The van der Waals surface area contributed by atoms with Crippen molar-refractivity contribution in [2.24, 2.45) is 23.1 Å². The van der Waals surface area contributed by atoms with Gasteiger partial charge in [0.05, 0.1) is 6.04 Å². The first-order chi connectivity index (χ1) is 14.5. The zero-order valence-electron chi connectivity index (χ0n) is 18.9. The Bertz CT molecular complexity index is 586. The van der Waals surface area contributed by atoms with Gasteiger partial charge in [-0.25, -0.2) is 4.79 Å². The van der Waals surface area contributed by atoms with Crippen molar-refractivity contribution in [1.29, 1.82) is 0 Å². The van der Waals surface area contributed by atoms with Crippen LogP contribution in [0.1, 0.15) is 59.3 Å². The quantitative estimate of drug-likeness (QED) is 0.143. The van der Waals surface area contributed by atoms with E-state index in [0.29, 0.717) is 45.2 Å². The molecule has 0 fully saturated rings. The summed E-state index contributed by atoms with van der Waals surface area (Å²) in [5.74, 6) is -3.10. The third-order valence-corrected chi connectivity index (χ3v) is 4.87. The molecule has 31 heavy (non-hydrogen) atoms. The summed E-state index contributed by atoms with van der Waals surface area (Å²) in [6, 6.07) is -3.70. The standard InChI is InChI=1S/C20H40N6O5/c1-12(2)16(20(30)31)26-17(27)13(3)24-19(29)15(9-5-7-11-22)25-18(28)14(23)8-4-6-10-21/h12-16H,4-11,21-23H2,1-3H3,(H,24,29)(H,25,28)(H,26,27)(H,30,31). The van der Waals surface area contributed by atoms with Crippen LogP contribution < -0.4 is 33.2 Å². The Morgan fingerprint density at radius 3 is 1.81 bits per heavy atom. The summed E-state index contributed by atoms with van der Waals surface area (Å²) in [5, 5.41) is 16.8. The minimum Gasteiger partial charge on any atom is -0.480 e. The van der Waals surface area contributed by atoms with Gasteiger partial charge in [0.25, 0.3) is 0 Å². The molecule has 0 saturated heterocycles. The van der Waals surface area contributed by atoms with E-state index < -0.39 is 47.9 Å². The summed E-state index contributed by atoms with van der Waals surface area (Å²) in [5.41, 5.74) is 16.8. The van der Waals surface area contributed by atoms with E-state index in [4.69, 9.17) is 17.2 Å². The van der Waals surface area contributed by atoms with Gasteiger partial charge < -0.3 is 38.3 Å². The molecule has 4 unspecified atom stereocenters. The van der Waals surface area contributed by atoms with Crippen LogP contribution in [0, 0.1) is 5.92 Å². The highest BCUT2D eigenvalue weighted by atomic mass is 16.4. The predicted molar refractivity (Wildman–Crippen MR) is 118 cm³/mol. The zero-order valence-corrected chi connectivity index (χ0v) is 18.9. The third-order valence-electron chi connectivity index (χ3n) is 4.87. The van der Waals surface area contributed by atoms with Crippen molar-refractivity contribution in [3.05, 3.63) is 0 Å². The number of hydrogen-bond donors (Lipinski definition) is 7. The van der Waals surface area contributed by atoms with Gasteiger partial charge in [0.15, 0.2) is 0 Å². The Hall–Kier alpha value is -2.24. The maximum Gasteiger partial charge on any atom is 0.326 e. The molecule has 11 nitrogen and oxygen atoms in total. The van der Waals surface area contributed by atoms with Gasteiger partial charge in [-0.3, -0.25) is 14.4 Å². The topological polar surface area (TPSA) is 203 Å². The molecule has 0 bridgehead atoms. The fraction of sp³-hybridized carbons (Fsp3) is 0.800. The van der Waals surface area contributed by atoms with Gasteiger partial charge in [-0.05, 0) is 58.0 Å². The zero-order chi connectivity index (χ0) is 24.0. The number of carbonyl (C=O) groups is 4. The normalized spacial score (nSPS) is 14.9. The van der Waals surface area contributed by atoms with Crippen LogP contribution in [0.25, 0.3) is 0 Å². The molecule has 0 spiro atoms. The lowest BCUT2D eigenvalue weighted by Gasteiger charge is -2.24. The van der Waals surface area contributed by atoms with Crippen LogP contribution in [-0.2, 0) is 19.2 Å². The summed E-state index contributed by atoms with van der Waals surface area (Å²) in [6.07, 6.45) is 3.51. The number of nitrogens with two attached hydrogens (primary N) is 3. The minimum absolute atomic E-state index is 0.326. The lowest BCUT2D eigenvalue weighted by atomic mass is 10.0. The highest BCUT2D eigenvalue weighted by Crippen LogP contribution is 2.05. The van der Waals surface area contributed by atoms with Crippen LogP contribution in [0.2, 0.25) is 0 Å². The van der Waals surface area contributed by atoms with Gasteiger partial charge in [0, 0.05) is 0 Å². The highest BCUT2D eigenvalue weighted by molar-refractivity contribution is 5.93. The Morgan fingerprint density at radius 1 is 0.774 bits per heavy atom. The number of rotatable bonds is 16. The first-order valence-corrected chi connectivity index (χ1v) is 10.8. The maximum atomic E-state index is 12.7. The molecule has 0 rings (SSSR count). The lowest BCUT2D eigenvalue weighted by molar-refractivity contribution is -0.143. The van der Waals surface area contributed by atoms with E-state index in [1.165, 1.54) is 6.92 Å². The third kappa shape index (κ3) is 11.7. The smallest absolute Gasteiger partial charge is 0.326 e. The van der Waals surface area contributed by atoms with E-state index in [-0.39, 0.29) is 5.92 Å². The number of hydrogen-bond acceptors (Lipinski definition) is 7.